The van der Waals surface area contributed by atoms with E-state index in [1.165, 1.54) is 0 Å². The lowest BCUT2D eigenvalue weighted by atomic mass is 10.2. The summed E-state index contributed by atoms with van der Waals surface area (Å²) in [7, 11) is 0. The van der Waals surface area contributed by atoms with Gasteiger partial charge in [0.05, 0.1) is 19.3 Å². The number of benzene rings is 1. The van der Waals surface area contributed by atoms with Crippen molar-refractivity contribution in [2.75, 3.05) is 6.61 Å². The first-order chi connectivity index (χ1) is 9.19. The molecule has 0 aliphatic heterocycles. The topological polar surface area (TPSA) is 47.3 Å². The molecule has 0 fully saturated rings. The van der Waals surface area contributed by atoms with Gasteiger partial charge in [0.15, 0.2) is 5.76 Å². The molecule has 1 aromatic heterocycles. The number of oxazole rings is 1. The van der Waals surface area contributed by atoms with E-state index in [0.29, 0.717) is 25.1 Å². The van der Waals surface area contributed by atoms with E-state index >= 15 is 0 Å². The molecule has 0 atom stereocenters. The van der Waals surface area contributed by atoms with Crippen LogP contribution in [0.25, 0.3) is 11.3 Å². The molecule has 2 aromatic rings. The summed E-state index contributed by atoms with van der Waals surface area (Å²) in [6.07, 6.45) is 1.76. The molecule has 0 spiro atoms. The first-order valence-corrected chi connectivity index (χ1v) is 6.60. The Morgan fingerprint density at radius 2 is 2.00 bits per heavy atom. The monoisotopic (exact) mass is 260 g/mol. The molecule has 0 aliphatic carbocycles. The van der Waals surface area contributed by atoms with Gasteiger partial charge in [0.2, 0.25) is 5.89 Å². The summed E-state index contributed by atoms with van der Waals surface area (Å²) < 4.78 is 11.1. The van der Waals surface area contributed by atoms with Crippen LogP contribution in [0.15, 0.2) is 34.9 Å². The van der Waals surface area contributed by atoms with Crippen LogP contribution < -0.4 is 10.1 Å². The van der Waals surface area contributed by atoms with E-state index < -0.39 is 0 Å². The molecule has 0 radical (unpaired) electrons. The fourth-order valence-electron chi connectivity index (χ4n) is 1.70. The smallest absolute Gasteiger partial charge is 0.208 e. The first kappa shape index (κ1) is 13.6. The predicted molar refractivity (Wildman–Crippen MR) is 75.1 cm³/mol. The molecule has 0 aliphatic rings. The summed E-state index contributed by atoms with van der Waals surface area (Å²) >= 11 is 0. The van der Waals surface area contributed by atoms with Crippen LogP contribution in [0.4, 0.5) is 0 Å². The Hall–Kier alpha value is -1.81. The molecule has 0 unspecified atom stereocenters. The van der Waals surface area contributed by atoms with Crippen molar-refractivity contribution in [3.63, 3.8) is 0 Å². The zero-order valence-corrected chi connectivity index (χ0v) is 11.6. The van der Waals surface area contributed by atoms with Gasteiger partial charge in [-0.15, -0.1) is 0 Å². The average Bonchev–Trinajstić information content (AvgIpc) is 2.86. The molecule has 19 heavy (non-hydrogen) atoms. The van der Waals surface area contributed by atoms with Crippen molar-refractivity contribution >= 4 is 0 Å². The van der Waals surface area contributed by atoms with Gasteiger partial charge in [-0.2, -0.15) is 0 Å². The highest BCUT2D eigenvalue weighted by Crippen LogP contribution is 2.23. The molecule has 0 bridgehead atoms. The van der Waals surface area contributed by atoms with E-state index in [0.717, 1.165) is 17.1 Å². The molecule has 4 nitrogen and oxygen atoms in total. The number of nitrogens with one attached hydrogen (secondary N) is 1. The molecule has 1 aromatic carbocycles. The van der Waals surface area contributed by atoms with Gasteiger partial charge in [-0.3, -0.25) is 0 Å². The van der Waals surface area contributed by atoms with Crippen LogP contribution >= 0.6 is 0 Å². The van der Waals surface area contributed by atoms with Crippen LogP contribution in [-0.2, 0) is 6.54 Å². The number of rotatable bonds is 6. The van der Waals surface area contributed by atoms with Crippen molar-refractivity contribution in [3.8, 4) is 17.1 Å². The molecule has 2 rings (SSSR count). The Morgan fingerprint density at radius 3 is 2.63 bits per heavy atom. The summed E-state index contributed by atoms with van der Waals surface area (Å²) in [5.74, 6) is 2.36. The molecule has 4 heteroatoms. The molecule has 1 N–H and O–H groups in total. The van der Waals surface area contributed by atoms with Crippen LogP contribution in [0.2, 0.25) is 0 Å². The predicted octanol–water partition coefficient (Wildman–Crippen LogP) is 3.24. The number of hydrogen-bond acceptors (Lipinski definition) is 4. The minimum absolute atomic E-state index is 0.417. The van der Waals surface area contributed by atoms with E-state index in [4.69, 9.17) is 9.15 Å². The Morgan fingerprint density at radius 1 is 1.26 bits per heavy atom. The number of ether oxygens (including phenoxy) is 1. The van der Waals surface area contributed by atoms with Gasteiger partial charge in [0, 0.05) is 11.6 Å². The standard InChI is InChI=1S/C15H20N2O2/c1-4-18-13-7-5-12(6-8-13)14-9-17-15(19-14)10-16-11(2)3/h5-9,11,16H,4,10H2,1-3H3. The van der Waals surface area contributed by atoms with Crippen molar-refractivity contribution in [1.29, 1.82) is 0 Å². The van der Waals surface area contributed by atoms with Crippen molar-refractivity contribution in [2.24, 2.45) is 0 Å². The summed E-state index contributed by atoms with van der Waals surface area (Å²) in [6.45, 7) is 7.48. The van der Waals surface area contributed by atoms with Crippen molar-refractivity contribution in [3.05, 3.63) is 36.4 Å². The maximum Gasteiger partial charge on any atom is 0.208 e. The van der Waals surface area contributed by atoms with Crippen LogP contribution in [0.1, 0.15) is 26.7 Å². The lowest BCUT2D eigenvalue weighted by Gasteiger charge is -2.04. The Labute approximate surface area is 113 Å². The zero-order valence-electron chi connectivity index (χ0n) is 11.6. The number of nitrogens with zero attached hydrogens (tertiary/aromatic N) is 1. The minimum atomic E-state index is 0.417. The largest absolute Gasteiger partial charge is 0.494 e. The third kappa shape index (κ3) is 3.83. The van der Waals surface area contributed by atoms with E-state index in [9.17, 15) is 0 Å². The molecule has 0 amide bonds. The Bertz CT molecular complexity index is 503. The van der Waals surface area contributed by atoms with Crippen LogP contribution in [0.3, 0.4) is 0 Å². The Kier molecular flexibility index (Phi) is 4.58. The highest BCUT2D eigenvalue weighted by molar-refractivity contribution is 5.57. The number of hydrogen-bond donors (Lipinski definition) is 1. The zero-order chi connectivity index (χ0) is 13.7. The Balaban J connectivity index is 2.05. The van der Waals surface area contributed by atoms with Crippen LogP contribution in [0, 0.1) is 0 Å². The van der Waals surface area contributed by atoms with E-state index in [-0.39, 0.29) is 0 Å². The van der Waals surface area contributed by atoms with E-state index in [1.54, 1.807) is 6.20 Å². The second kappa shape index (κ2) is 6.38. The fraction of sp³-hybridized carbons (Fsp3) is 0.400. The summed E-state index contributed by atoms with van der Waals surface area (Å²) in [6, 6.07) is 8.25. The number of aromatic nitrogens is 1. The van der Waals surface area contributed by atoms with Crippen molar-refractivity contribution in [2.45, 2.75) is 33.4 Å². The molecule has 0 saturated carbocycles. The SMILES string of the molecule is CCOc1ccc(-c2cnc(CNC(C)C)o2)cc1. The van der Waals surface area contributed by atoms with Gasteiger partial charge in [-0.1, -0.05) is 13.8 Å². The van der Waals surface area contributed by atoms with E-state index in [1.807, 2.05) is 31.2 Å². The minimum Gasteiger partial charge on any atom is -0.494 e. The quantitative estimate of drug-likeness (QED) is 0.866. The molecule has 102 valence electrons. The third-order valence-electron chi connectivity index (χ3n) is 2.66. The average molecular weight is 260 g/mol. The normalized spacial score (nSPS) is 10.9. The van der Waals surface area contributed by atoms with Crippen molar-refractivity contribution in [1.82, 2.24) is 10.3 Å². The van der Waals surface area contributed by atoms with Gasteiger partial charge >= 0.3 is 0 Å². The second-order valence-electron chi connectivity index (χ2n) is 4.61. The van der Waals surface area contributed by atoms with Gasteiger partial charge in [-0.25, -0.2) is 4.98 Å². The van der Waals surface area contributed by atoms with Gasteiger partial charge in [0.1, 0.15) is 5.75 Å². The molecular formula is C15H20N2O2. The van der Waals surface area contributed by atoms with E-state index in [2.05, 4.69) is 24.1 Å². The molecule has 1 heterocycles. The van der Waals surface area contributed by atoms with Crippen LogP contribution in [0.5, 0.6) is 5.75 Å². The van der Waals surface area contributed by atoms with Crippen molar-refractivity contribution < 1.29 is 9.15 Å². The van der Waals surface area contributed by atoms with Gasteiger partial charge in [-0.05, 0) is 31.2 Å². The highest BCUT2D eigenvalue weighted by Gasteiger charge is 2.06. The second-order valence-corrected chi connectivity index (χ2v) is 4.61. The summed E-state index contributed by atoms with van der Waals surface area (Å²) in [5.41, 5.74) is 1.01. The summed E-state index contributed by atoms with van der Waals surface area (Å²) in [4.78, 5) is 4.26. The maximum absolute atomic E-state index is 5.71. The molecular weight excluding hydrogens is 240 g/mol. The fourth-order valence-corrected chi connectivity index (χ4v) is 1.70. The van der Waals surface area contributed by atoms with Gasteiger partial charge < -0.3 is 14.5 Å². The molecule has 0 saturated heterocycles. The third-order valence-corrected chi connectivity index (χ3v) is 2.66. The lowest BCUT2D eigenvalue weighted by Crippen LogP contribution is -2.21. The first-order valence-electron chi connectivity index (χ1n) is 6.60. The van der Waals surface area contributed by atoms with Gasteiger partial charge in [0.25, 0.3) is 0 Å². The maximum atomic E-state index is 5.71. The highest BCUT2D eigenvalue weighted by atomic mass is 16.5. The summed E-state index contributed by atoms with van der Waals surface area (Å²) in [5, 5.41) is 3.28. The van der Waals surface area contributed by atoms with Crippen LogP contribution in [-0.4, -0.2) is 17.6 Å². The lowest BCUT2D eigenvalue weighted by molar-refractivity contribution is 0.340.